The van der Waals surface area contributed by atoms with Gasteiger partial charge in [-0.25, -0.2) is 24.9 Å². The number of hydrogen-bond donors (Lipinski definition) is 5. The second-order valence-electron chi connectivity index (χ2n) is 16.8. The lowest BCUT2D eigenvalue weighted by Gasteiger charge is -2.18. The van der Waals surface area contributed by atoms with Gasteiger partial charge in [-0.2, -0.15) is 0 Å². The second kappa shape index (κ2) is 17.4. The number of nitrogens with two attached hydrogens (primary N) is 2. The van der Waals surface area contributed by atoms with E-state index >= 15 is 0 Å². The summed E-state index contributed by atoms with van der Waals surface area (Å²) in [5.41, 5.74) is 28.0. The number of hydrogen-bond acceptors (Lipinski definition) is 12. The molecule has 0 aliphatic carbocycles. The first-order valence-electron chi connectivity index (χ1n) is 21.7. The van der Waals surface area contributed by atoms with E-state index in [1.54, 1.807) is 25.2 Å². The van der Waals surface area contributed by atoms with E-state index in [1.807, 2.05) is 72.4 Å². The molecule has 6 heterocycles. The number of aromatic nitrogens is 7. The van der Waals surface area contributed by atoms with Crippen molar-refractivity contribution in [2.45, 2.75) is 39.6 Å². The predicted octanol–water partition coefficient (Wildman–Crippen LogP) is 9.61. The zero-order valence-electron chi connectivity index (χ0n) is 37.2. The van der Waals surface area contributed by atoms with Crippen LogP contribution in [0.25, 0.3) is 76.7 Å². The topological polar surface area (TPSA) is 197 Å². The summed E-state index contributed by atoms with van der Waals surface area (Å²) in [6, 6.07) is 30.5. The van der Waals surface area contributed by atoms with Crippen molar-refractivity contribution in [3.05, 3.63) is 151 Å². The van der Waals surface area contributed by atoms with Gasteiger partial charge >= 0.3 is 0 Å². The predicted molar refractivity (Wildman–Crippen MR) is 268 cm³/mol. The third-order valence-corrected chi connectivity index (χ3v) is 13.2. The van der Waals surface area contributed by atoms with Gasteiger partial charge in [0.1, 0.15) is 46.8 Å². The smallest absolute Gasteiger partial charge is 0.250 e. The Balaban J connectivity index is 1.06. The number of nitrogen functional groups attached to an aromatic ring is 2. The number of rotatable bonds is 12. The number of aryl methyl sites for hydroxylation is 1. The van der Waals surface area contributed by atoms with Crippen LogP contribution in [0.2, 0.25) is 0 Å². The summed E-state index contributed by atoms with van der Waals surface area (Å²) < 4.78 is 10.0. The average molecular weight is 906 g/mol. The van der Waals surface area contributed by atoms with Crippen LogP contribution in [0.5, 0.6) is 0 Å². The molecule has 5 aromatic heterocycles. The molecule has 1 unspecified atom stereocenters. The summed E-state index contributed by atoms with van der Waals surface area (Å²) in [5, 5.41) is 18.7. The number of amides is 1. The minimum absolute atomic E-state index is 0.244. The summed E-state index contributed by atoms with van der Waals surface area (Å²) in [4.78, 5) is 36.8. The maximum absolute atomic E-state index is 12.6. The number of aliphatic hydroxyl groups is 1. The van der Waals surface area contributed by atoms with E-state index in [2.05, 4.69) is 79.7 Å². The van der Waals surface area contributed by atoms with Crippen molar-refractivity contribution in [1.29, 1.82) is 0 Å². The monoisotopic (exact) mass is 905 g/mol. The summed E-state index contributed by atoms with van der Waals surface area (Å²) in [7, 11) is 1.97. The number of carbonyl (C=O) groups excluding carboxylic acids is 1. The fraction of sp³-hybridized carbons (Fsp3) is 0.154. The van der Waals surface area contributed by atoms with Crippen molar-refractivity contribution in [2.75, 3.05) is 28.7 Å². The molecule has 0 radical (unpaired) electrons. The van der Waals surface area contributed by atoms with E-state index in [-0.39, 0.29) is 5.91 Å². The Hall–Kier alpha value is -7.98. The molecule has 15 heteroatoms. The number of nitrogens with one attached hydrogen (secondary N) is 2. The van der Waals surface area contributed by atoms with E-state index in [1.165, 1.54) is 23.8 Å². The maximum atomic E-state index is 12.6. The number of thiazole rings is 1. The van der Waals surface area contributed by atoms with Crippen LogP contribution in [0.3, 0.4) is 0 Å². The fourth-order valence-electron chi connectivity index (χ4n) is 8.76. The highest BCUT2D eigenvalue weighted by Gasteiger charge is 2.27. The van der Waals surface area contributed by atoms with Crippen LogP contribution < -0.4 is 22.1 Å². The molecule has 10 rings (SSSR count). The zero-order valence-corrected chi connectivity index (χ0v) is 38.0. The van der Waals surface area contributed by atoms with Gasteiger partial charge in [0.15, 0.2) is 0 Å². The van der Waals surface area contributed by atoms with Gasteiger partial charge in [0.2, 0.25) is 0 Å². The van der Waals surface area contributed by atoms with Gasteiger partial charge in [-0.1, -0.05) is 73.8 Å². The van der Waals surface area contributed by atoms with Gasteiger partial charge in [-0.3, -0.25) is 4.79 Å². The van der Waals surface area contributed by atoms with E-state index in [0.717, 1.165) is 83.1 Å². The van der Waals surface area contributed by atoms with Crippen LogP contribution in [-0.2, 0) is 36.2 Å². The molecule has 1 atom stereocenters. The van der Waals surface area contributed by atoms with E-state index in [4.69, 9.17) is 26.2 Å². The Bertz CT molecular complexity index is 3420. The number of benzene rings is 4. The standard InChI is InChI=1S/C52H47N11O3S/c1-28(2)50(64)60-37-15-11-31(12-16-37)44-41(43-47(54)56-26-58-48(43)62(44)5)39-23-55-52(67-39)35-8-6-7-30(21-35)24-63-45(32-13-17-38(18-14-32)61-51(65)29(3)4)40(42-46(53)57-27-59-49(42)63)34-9-10-36-25-66-20-19-33(36)22-34/h6-18,21-23,26-27,50,60,64H,1,3,19-20,24-25H2,2,4-5H3,(H,61,65)(H2,53,57,59)(H2,54,56,58). The number of aliphatic hydroxyl groups excluding tert-OH is 1. The second-order valence-corrected chi connectivity index (χ2v) is 17.8. The van der Waals surface area contributed by atoms with Crippen LogP contribution in [0.15, 0.2) is 134 Å². The van der Waals surface area contributed by atoms with Crippen LogP contribution in [0.4, 0.5) is 23.0 Å². The third-order valence-electron chi connectivity index (χ3n) is 12.1. The zero-order chi connectivity index (χ0) is 46.5. The molecule has 4 aromatic carbocycles. The van der Waals surface area contributed by atoms with Gasteiger partial charge in [0, 0.05) is 53.4 Å². The van der Waals surface area contributed by atoms with Gasteiger partial charge in [0.25, 0.3) is 5.91 Å². The van der Waals surface area contributed by atoms with Gasteiger partial charge in [-0.15, -0.1) is 11.3 Å². The lowest BCUT2D eigenvalue weighted by Crippen LogP contribution is -2.19. The molecule has 14 nitrogen and oxygen atoms in total. The highest BCUT2D eigenvalue weighted by molar-refractivity contribution is 7.18. The SMILES string of the molecule is C=C(C)C(=O)Nc1ccc(-c2c(-c3ccc4c(c3)CCOC4)c3c(N)ncnc3n2Cc2cccc(-c3ncc(-c4c(-c5ccc(NC(O)C(=C)C)cc5)n(C)c5ncnc(N)c45)s3)c2)cc1. The molecule has 0 spiro atoms. The van der Waals surface area contributed by atoms with Crippen molar-refractivity contribution in [1.82, 2.24) is 34.1 Å². The molecule has 1 aliphatic rings. The number of anilines is 4. The average Bonchev–Trinajstić information content (AvgIpc) is 4.03. The van der Waals surface area contributed by atoms with E-state index in [9.17, 15) is 9.90 Å². The Morgan fingerprint density at radius 3 is 2.18 bits per heavy atom. The molecule has 67 heavy (non-hydrogen) atoms. The van der Waals surface area contributed by atoms with Crippen LogP contribution >= 0.6 is 11.3 Å². The molecular formula is C52H47N11O3S. The number of ether oxygens (including phenoxy) is 1. The summed E-state index contributed by atoms with van der Waals surface area (Å²) in [6.45, 7) is 12.8. The lowest BCUT2D eigenvalue weighted by atomic mass is 9.93. The summed E-state index contributed by atoms with van der Waals surface area (Å²) in [5.74, 6) is 0.505. The summed E-state index contributed by atoms with van der Waals surface area (Å²) in [6.07, 6.45) is 4.81. The largest absolute Gasteiger partial charge is 0.383 e. The summed E-state index contributed by atoms with van der Waals surface area (Å²) >= 11 is 1.56. The first-order chi connectivity index (χ1) is 32.4. The Labute approximate surface area is 390 Å². The molecule has 9 aromatic rings. The normalized spacial score (nSPS) is 12.8. The molecule has 7 N–H and O–H groups in total. The van der Waals surface area contributed by atoms with Crippen LogP contribution in [0.1, 0.15) is 30.5 Å². The minimum Gasteiger partial charge on any atom is -0.383 e. The molecule has 334 valence electrons. The molecule has 1 aliphatic heterocycles. The Kier molecular flexibility index (Phi) is 11.2. The Morgan fingerprint density at radius 1 is 0.791 bits per heavy atom. The minimum atomic E-state index is -0.866. The fourth-order valence-corrected chi connectivity index (χ4v) is 9.73. The van der Waals surface area contributed by atoms with Crippen LogP contribution in [-0.4, -0.2) is 57.9 Å². The van der Waals surface area contributed by atoms with Gasteiger partial charge in [0.05, 0.1) is 40.3 Å². The molecular weight excluding hydrogens is 859 g/mol. The Morgan fingerprint density at radius 2 is 1.46 bits per heavy atom. The molecule has 1 amide bonds. The van der Waals surface area contributed by atoms with Crippen LogP contribution in [0, 0.1) is 0 Å². The molecule has 0 bridgehead atoms. The number of nitrogens with zero attached hydrogens (tertiary/aromatic N) is 7. The van der Waals surface area contributed by atoms with Crippen molar-refractivity contribution in [2.24, 2.45) is 7.05 Å². The van der Waals surface area contributed by atoms with Crippen molar-refractivity contribution in [3.8, 4) is 54.7 Å². The first-order valence-corrected chi connectivity index (χ1v) is 22.5. The van der Waals surface area contributed by atoms with E-state index < -0.39 is 6.23 Å². The van der Waals surface area contributed by atoms with Gasteiger partial charge in [-0.05, 0) is 89.6 Å². The highest BCUT2D eigenvalue weighted by Crippen LogP contribution is 2.46. The third kappa shape index (κ3) is 7.98. The van der Waals surface area contributed by atoms with E-state index in [0.29, 0.717) is 59.5 Å². The van der Waals surface area contributed by atoms with Crippen molar-refractivity contribution >= 4 is 62.3 Å². The molecule has 0 saturated carbocycles. The highest BCUT2D eigenvalue weighted by atomic mass is 32.1. The maximum Gasteiger partial charge on any atom is 0.250 e. The first kappa shape index (κ1) is 42.9. The quantitative estimate of drug-likeness (QED) is 0.0445. The molecule has 0 saturated heterocycles. The number of carbonyl (C=O) groups is 1. The lowest BCUT2D eigenvalue weighted by molar-refractivity contribution is -0.112. The van der Waals surface area contributed by atoms with Crippen molar-refractivity contribution in [3.63, 3.8) is 0 Å². The molecule has 0 fully saturated rings. The number of fused-ring (bicyclic) bond motifs is 3. The van der Waals surface area contributed by atoms with Crippen molar-refractivity contribution < 1.29 is 14.6 Å². The van der Waals surface area contributed by atoms with Gasteiger partial charge < -0.3 is 41.1 Å².